The lowest BCUT2D eigenvalue weighted by Crippen LogP contribution is -2.33. The van der Waals surface area contributed by atoms with Gasteiger partial charge in [-0.2, -0.15) is 0 Å². The molecule has 0 aliphatic carbocycles. The van der Waals surface area contributed by atoms with Crippen molar-refractivity contribution >= 4 is 17.5 Å². The van der Waals surface area contributed by atoms with Crippen LogP contribution in [0.3, 0.4) is 0 Å². The zero-order valence-corrected chi connectivity index (χ0v) is 9.37. The SMILES string of the molecule is C=CC(C)NC(=O)C(Cl)c1ccccc1. The second-order valence-electron chi connectivity index (χ2n) is 3.31. The van der Waals surface area contributed by atoms with Crippen LogP contribution in [-0.4, -0.2) is 11.9 Å². The molecular formula is C12H14ClNO. The Morgan fingerprint density at radius 1 is 1.47 bits per heavy atom. The number of carbonyl (C=O) groups excluding carboxylic acids is 1. The highest BCUT2D eigenvalue weighted by Gasteiger charge is 2.17. The fourth-order valence-corrected chi connectivity index (χ4v) is 1.34. The van der Waals surface area contributed by atoms with E-state index in [4.69, 9.17) is 11.6 Å². The summed E-state index contributed by atoms with van der Waals surface area (Å²) in [6.07, 6.45) is 1.66. The van der Waals surface area contributed by atoms with Crippen molar-refractivity contribution in [1.82, 2.24) is 5.32 Å². The van der Waals surface area contributed by atoms with Crippen molar-refractivity contribution in [2.75, 3.05) is 0 Å². The normalized spacial score (nSPS) is 14.0. The van der Waals surface area contributed by atoms with Gasteiger partial charge in [-0.15, -0.1) is 18.2 Å². The van der Waals surface area contributed by atoms with E-state index in [9.17, 15) is 4.79 Å². The molecule has 1 amide bonds. The lowest BCUT2D eigenvalue weighted by molar-refractivity contribution is -0.121. The van der Waals surface area contributed by atoms with E-state index in [1.165, 1.54) is 0 Å². The highest BCUT2D eigenvalue weighted by Crippen LogP contribution is 2.19. The van der Waals surface area contributed by atoms with Crippen LogP contribution in [0.25, 0.3) is 0 Å². The van der Waals surface area contributed by atoms with Crippen molar-refractivity contribution in [3.63, 3.8) is 0 Å². The predicted octanol–water partition coefficient (Wildman–Crippen LogP) is 2.66. The molecule has 2 unspecified atom stereocenters. The third-order valence-corrected chi connectivity index (χ3v) is 2.50. The zero-order valence-electron chi connectivity index (χ0n) is 8.61. The van der Waals surface area contributed by atoms with E-state index in [1.54, 1.807) is 6.08 Å². The first-order valence-corrected chi connectivity index (χ1v) is 5.20. The van der Waals surface area contributed by atoms with Crippen molar-refractivity contribution < 1.29 is 4.79 Å². The molecule has 3 heteroatoms. The first-order chi connectivity index (χ1) is 7.15. The number of nitrogens with one attached hydrogen (secondary N) is 1. The third kappa shape index (κ3) is 3.40. The number of rotatable bonds is 4. The van der Waals surface area contributed by atoms with E-state index in [0.29, 0.717) is 0 Å². The smallest absolute Gasteiger partial charge is 0.243 e. The van der Waals surface area contributed by atoms with Crippen molar-refractivity contribution in [3.8, 4) is 0 Å². The lowest BCUT2D eigenvalue weighted by atomic mass is 10.1. The van der Waals surface area contributed by atoms with Gasteiger partial charge in [0.15, 0.2) is 0 Å². The third-order valence-electron chi connectivity index (χ3n) is 2.05. The summed E-state index contributed by atoms with van der Waals surface area (Å²) in [4.78, 5) is 11.6. The Hall–Kier alpha value is -1.28. The molecule has 0 heterocycles. The van der Waals surface area contributed by atoms with E-state index in [-0.39, 0.29) is 11.9 Å². The average Bonchev–Trinajstić information content (AvgIpc) is 2.29. The number of alkyl halides is 1. The molecule has 80 valence electrons. The summed E-state index contributed by atoms with van der Waals surface area (Å²) in [5.74, 6) is -0.199. The standard InChI is InChI=1S/C12H14ClNO/c1-3-9(2)14-12(15)11(13)10-7-5-4-6-8-10/h3-9,11H,1H2,2H3,(H,14,15). The van der Waals surface area contributed by atoms with E-state index >= 15 is 0 Å². The fraction of sp³-hybridized carbons (Fsp3) is 0.250. The minimum absolute atomic E-state index is 0.0672. The zero-order chi connectivity index (χ0) is 11.3. The Morgan fingerprint density at radius 3 is 2.60 bits per heavy atom. The quantitative estimate of drug-likeness (QED) is 0.617. The van der Waals surface area contributed by atoms with Gasteiger partial charge in [0.1, 0.15) is 5.38 Å². The highest BCUT2D eigenvalue weighted by atomic mass is 35.5. The maximum Gasteiger partial charge on any atom is 0.243 e. The van der Waals surface area contributed by atoms with Crippen LogP contribution in [0.5, 0.6) is 0 Å². The molecule has 2 nitrogen and oxygen atoms in total. The maximum atomic E-state index is 11.6. The van der Waals surface area contributed by atoms with Crippen LogP contribution in [0, 0.1) is 0 Å². The number of hydrogen-bond donors (Lipinski definition) is 1. The van der Waals surface area contributed by atoms with Gasteiger partial charge in [0.2, 0.25) is 5.91 Å². The van der Waals surface area contributed by atoms with Crippen LogP contribution < -0.4 is 5.32 Å². The summed E-state index contributed by atoms with van der Waals surface area (Å²) >= 11 is 6.01. The van der Waals surface area contributed by atoms with Crippen LogP contribution in [-0.2, 0) is 4.79 Å². The molecule has 0 spiro atoms. The molecule has 0 fully saturated rings. The molecule has 1 rings (SSSR count). The van der Waals surface area contributed by atoms with E-state index < -0.39 is 5.38 Å². The molecule has 0 bridgehead atoms. The lowest BCUT2D eigenvalue weighted by Gasteiger charge is -2.13. The van der Waals surface area contributed by atoms with Gasteiger partial charge < -0.3 is 5.32 Å². The van der Waals surface area contributed by atoms with Gasteiger partial charge >= 0.3 is 0 Å². The van der Waals surface area contributed by atoms with Crippen LogP contribution >= 0.6 is 11.6 Å². The van der Waals surface area contributed by atoms with Gasteiger partial charge in [-0.3, -0.25) is 4.79 Å². The summed E-state index contributed by atoms with van der Waals surface area (Å²) in [5, 5.41) is 2.09. The number of halogens is 1. The van der Waals surface area contributed by atoms with Crippen LogP contribution in [0.4, 0.5) is 0 Å². The van der Waals surface area contributed by atoms with Gasteiger partial charge in [-0.25, -0.2) is 0 Å². The molecule has 15 heavy (non-hydrogen) atoms. The summed E-state index contributed by atoms with van der Waals surface area (Å²) < 4.78 is 0. The van der Waals surface area contributed by atoms with E-state index in [0.717, 1.165) is 5.56 Å². The Balaban J connectivity index is 2.65. The molecule has 0 saturated heterocycles. The van der Waals surface area contributed by atoms with Gasteiger partial charge in [0.05, 0.1) is 0 Å². The average molecular weight is 224 g/mol. The molecule has 0 radical (unpaired) electrons. The summed E-state index contributed by atoms with van der Waals surface area (Å²) in [6, 6.07) is 9.19. The van der Waals surface area contributed by atoms with Crippen LogP contribution in [0.2, 0.25) is 0 Å². The van der Waals surface area contributed by atoms with Gasteiger partial charge in [-0.1, -0.05) is 36.4 Å². The number of benzene rings is 1. The first kappa shape index (κ1) is 11.8. The molecule has 1 N–H and O–H groups in total. The fourth-order valence-electron chi connectivity index (χ4n) is 1.13. The molecule has 1 aromatic carbocycles. The topological polar surface area (TPSA) is 29.1 Å². The first-order valence-electron chi connectivity index (χ1n) is 4.77. The van der Waals surface area contributed by atoms with E-state index in [1.807, 2.05) is 37.3 Å². The van der Waals surface area contributed by atoms with Crippen LogP contribution in [0.15, 0.2) is 43.0 Å². The molecule has 0 aliphatic rings. The van der Waals surface area contributed by atoms with Gasteiger partial charge in [0.25, 0.3) is 0 Å². The number of carbonyl (C=O) groups is 1. The molecule has 0 saturated carbocycles. The number of hydrogen-bond acceptors (Lipinski definition) is 1. The number of amides is 1. The molecule has 2 atom stereocenters. The Kier molecular flexibility index (Phi) is 4.37. The Morgan fingerprint density at radius 2 is 2.07 bits per heavy atom. The molecule has 1 aromatic rings. The predicted molar refractivity (Wildman–Crippen MR) is 62.8 cm³/mol. The summed E-state index contributed by atoms with van der Waals surface area (Å²) in [6.45, 7) is 5.43. The van der Waals surface area contributed by atoms with Crippen molar-refractivity contribution in [1.29, 1.82) is 0 Å². The van der Waals surface area contributed by atoms with Crippen molar-refractivity contribution in [3.05, 3.63) is 48.6 Å². The van der Waals surface area contributed by atoms with Gasteiger partial charge in [0, 0.05) is 6.04 Å². The summed E-state index contributed by atoms with van der Waals surface area (Å²) in [7, 11) is 0. The van der Waals surface area contributed by atoms with Crippen LogP contribution in [0.1, 0.15) is 17.9 Å². The molecule has 0 aromatic heterocycles. The highest BCUT2D eigenvalue weighted by molar-refractivity contribution is 6.30. The minimum atomic E-state index is -0.645. The molecular weight excluding hydrogens is 210 g/mol. The maximum absolute atomic E-state index is 11.6. The van der Waals surface area contributed by atoms with Gasteiger partial charge in [-0.05, 0) is 12.5 Å². The van der Waals surface area contributed by atoms with E-state index in [2.05, 4.69) is 11.9 Å². The summed E-state index contributed by atoms with van der Waals surface area (Å²) in [5.41, 5.74) is 0.799. The Labute approximate surface area is 94.9 Å². The monoisotopic (exact) mass is 223 g/mol. The Bertz CT molecular complexity index is 337. The van der Waals surface area contributed by atoms with Crippen molar-refractivity contribution in [2.24, 2.45) is 0 Å². The second kappa shape index (κ2) is 5.56. The van der Waals surface area contributed by atoms with Crippen molar-refractivity contribution in [2.45, 2.75) is 18.3 Å². The minimum Gasteiger partial charge on any atom is -0.349 e. The second-order valence-corrected chi connectivity index (χ2v) is 3.74. The largest absolute Gasteiger partial charge is 0.349 e. The molecule has 0 aliphatic heterocycles.